The number of allylic oxidation sites excluding steroid dienone is 2. The molecule has 5 atom stereocenters. The normalized spacial score (nSPS) is 21.6. The van der Waals surface area contributed by atoms with E-state index in [1.165, 1.54) is 16.0 Å². The van der Waals surface area contributed by atoms with Crippen LogP contribution in [-0.2, 0) is 59.9 Å². The van der Waals surface area contributed by atoms with E-state index in [1.54, 1.807) is 37.0 Å². The van der Waals surface area contributed by atoms with Gasteiger partial charge in [-0.1, -0.05) is 46.9 Å². The number of carbonyl (C=O) groups excluding carboxylic acids is 5. The molecule has 17 heteroatoms. The number of cyclic esters (lactones) is 1. The number of likely N-dealkylation sites (N-methyl/N-ethyl adjacent to an activating group) is 1. The van der Waals surface area contributed by atoms with E-state index in [2.05, 4.69) is 61.4 Å². The summed E-state index contributed by atoms with van der Waals surface area (Å²) in [6.07, 6.45) is 6.31. The summed E-state index contributed by atoms with van der Waals surface area (Å²) in [5.41, 5.74) is 7.84. The zero-order valence-corrected chi connectivity index (χ0v) is 40.3. The van der Waals surface area contributed by atoms with E-state index >= 15 is 0 Å². The number of esters is 1. The Morgan fingerprint density at radius 3 is 2.53 bits per heavy atom. The molecule has 2 aromatic heterocycles. The molecular formula is C49H68N10O7. The van der Waals surface area contributed by atoms with Crippen LogP contribution in [0.15, 0.2) is 54.2 Å². The number of ether oxygens (including phenoxy) is 2. The molecule has 356 valence electrons. The Labute approximate surface area is 388 Å². The van der Waals surface area contributed by atoms with Gasteiger partial charge >= 0.3 is 5.97 Å². The average Bonchev–Trinajstić information content (AvgIpc) is 4.02. The van der Waals surface area contributed by atoms with Gasteiger partial charge in [0.15, 0.2) is 11.6 Å². The number of aliphatic imine (C=N–C) groups is 1. The summed E-state index contributed by atoms with van der Waals surface area (Å²) >= 11 is 0. The van der Waals surface area contributed by atoms with Crippen molar-refractivity contribution in [2.45, 2.75) is 111 Å². The molecule has 3 aromatic rings. The molecule has 3 aliphatic heterocycles. The summed E-state index contributed by atoms with van der Waals surface area (Å²) in [4.78, 5) is 82.0. The van der Waals surface area contributed by atoms with Gasteiger partial charge in [0.25, 0.3) is 5.91 Å². The summed E-state index contributed by atoms with van der Waals surface area (Å²) in [5, 5.41) is 10.1. The lowest BCUT2D eigenvalue weighted by Crippen LogP contribution is -2.62. The lowest BCUT2D eigenvalue weighted by Gasteiger charge is -2.36. The molecule has 6 bridgehead atoms. The third kappa shape index (κ3) is 10.2. The van der Waals surface area contributed by atoms with Gasteiger partial charge in [0.05, 0.1) is 30.0 Å². The van der Waals surface area contributed by atoms with Crippen molar-refractivity contribution >= 4 is 52.3 Å². The van der Waals surface area contributed by atoms with Gasteiger partial charge in [-0.25, -0.2) is 15.1 Å². The maximum atomic E-state index is 14.6. The number of carbonyl (C=O) groups is 5. The molecule has 2 N–H and O–H groups in total. The van der Waals surface area contributed by atoms with Crippen LogP contribution >= 0.6 is 0 Å². The third-order valence-corrected chi connectivity index (χ3v) is 13.0. The SMILES string of the molecule is C=CC(=O)N1CC[C@H](C(=O)N(C)[C@H](C(=O)N[C@H]2Cc3nc(n(C)n3)-c3ccc4c(c3)c(c(/C(C=C)=C(/N=C\C)[C@H](C)OC)n4CC)CC(C)(C)COC(=O)[C@@H]3CCCN(N3)C2=O)C(C)C)C1. The number of nitrogens with zero attached hydrogens (tertiary/aromatic N) is 8. The van der Waals surface area contributed by atoms with Gasteiger partial charge in [-0.3, -0.25) is 34.0 Å². The minimum Gasteiger partial charge on any atom is -0.464 e. The monoisotopic (exact) mass is 909 g/mol. The fourth-order valence-corrected chi connectivity index (χ4v) is 9.60. The quantitative estimate of drug-likeness (QED) is 0.112. The van der Waals surface area contributed by atoms with Crippen LogP contribution in [0.2, 0.25) is 0 Å². The van der Waals surface area contributed by atoms with Gasteiger partial charge in [-0.15, -0.1) is 0 Å². The molecule has 66 heavy (non-hydrogen) atoms. The Kier molecular flexibility index (Phi) is 15.5. The molecule has 0 saturated carbocycles. The van der Waals surface area contributed by atoms with Crippen molar-refractivity contribution in [3.05, 3.63) is 66.3 Å². The van der Waals surface area contributed by atoms with E-state index in [0.29, 0.717) is 50.4 Å². The standard InChI is InChI=1S/C49H68N10O7/c1-13-33(41(50-15-3)30(7)65-12)43-35-26-49(8,9)28-66-48(64)36-18-17-22-59(53-36)47(63)37(25-39-52-44(56(11)54-39)31-19-20-38(34(35)24-31)58(43)16-4)51-45(61)42(29(5)6)55(10)46(62)32-21-23-57(27-32)40(60)14-2/h13-15,19-20,24,29-30,32,36-37,42,53H,1-2,16-18,21-23,25-28H2,3-12H3,(H,51,61)/b41-33+,50-15-/t30-,32-,36-,37-,42-/m0/s1. The predicted molar refractivity (Wildman–Crippen MR) is 254 cm³/mol. The van der Waals surface area contributed by atoms with Gasteiger partial charge in [-0.2, -0.15) is 5.10 Å². The molecule has 6 rings (SSSR count). The zero-order chi connectivity index (χ0) is 48.2. The second-order valence-electron chi connectivity index (χ2n) is 18.7. The van der Waals surface area contributed by atoms with E-state index in [-0.39, 0.29) is 50.0 Å². The van der Waals surface area contributed by atoms with Crippen molar-refractivity contribution < 1.29 is 33.4 Å². The third-order valence-electron chi connectivity index (χ3n) is 13.0. The number of fused-ring (bicyclic) bond motifs is 6. The second-order valence-corrected chi connectivity index (χ2v) is 18.7. The van der Waals surface area contributed by atoms with Gasteiger partial charge in [0.2, 0.25) is 17.7 Å². The first-order valence-corrected chi connectivity index (χ1v) is 23.0. The fourth-order valence-electron chi connectivity index (χ4n) is 9.60. The topological polar surface area (TPSA) is 186 Å². The van der Waals surface area contributed by atoms with Crippen molar-refractivity contribution in [2.24, 2.45) is 29.3 Å². The molecule has 17 nitrogen and oxygen atoms in total. The van der Waals surface area contributed by atoms with E-state index in [4.69, 9.17) is 24.5 Å². The Hall–Kier alpha value is -5.94. The largest absolute Gasteiger partial charge is 0.464 e. The molecular weight excluding hydrogens is 841 g/mol. The van der Waals surface area contributed by atoms with Crippen LogP contribution in [0.4, 0.5) is 0 Å². The van der Waals surface area contributed by atoms with Crippen LogP contribution in [0.25, 0.3) is 27.9 Å². The number of methoxy groups -OCH3 is 1. The zero-order valence-electron chi connectivity index (χ0n) is 40.3. The number of hydrazine groups is 1. The number of rotatable bonds is 12. The minimum atomic E-state index is -1.18. The van der Waals surface area contributed by atoms with E-state index < -0.39 is 47.2 Å². The Balaban J connectivity index is 1.45. The molecule has 2 fully saturated rings. The van der Waals surface area contributed by atoms with Crippen LogP contribution < -0.4 is 10.7 Å². The van der Waals surface area contributed by atoms with Gasteiger partial charge in [-0.05, 0) is 82.2 Å². The maximum Gasteiger partial charge on any atom is 0.324 e. The first kappa shape index (κ1) is 49.5. The molecule has 2 saturated heterocycles. The van der Waals surface area contributed by atoms with Crippen LogP contribution in [0.3, 0.4) is 0 Å². The molecule has 1 aromatic carbocycles. The smallest absolute Gasteiger partial charge is 0.324 e. The predicted octanol–water partition coefficient (Wildman–Crippen LogP) is 4.65. The van der Waals surface area contributed by atoms with Crippen molar-refractivity contribution in [1.29, 1.82) is 0 Å². The molecule has 0 aliphatic carbocycles. The van der Waals surface area contributed by atoms with Gasteiger partial charge in [0.1, 0.15) is 18.1 Å². The highest BCUT2D eigenvalue weighted by atomic mass is 16.5. The van der Waals surface area contributed by atoms with Crippen molar-refractivity contribution in [1.82, 2.24) is 44.9 Å². The summed E-state index contributed by atoms with van der Waals surface area (Å²) in [7, 11) is 5.03. The van der Waals surface area contributed by atoms with Crippen LogP contribution in [0.5, 0.6) is 0 Å². The number of hydrogen-bond donors (Lipinski definition) is 2. The van der Waals surface area contributed by atoms with Crippen molar-refractivity contribution in [2.75, 3.05) is 40.4 Å². The van der Waals surface area contributed by atoms with Crippen molar-refractivity contribution in [3.8, 4) is 11.4 Å². The van der Waals surface area contributed by atoms with Crippen LogP contribution in [0.1, 0.15) is 84.8 Å². The highest BCUT2D eigenvalue weighted by molar-refractivity contribution is 5.96. The molecule has 5 heterocycles. The number of hydrogen-bond acceptors (Lipinski definition) is 11. The lowest BCUT2D eigenvalue weighted by molar-refractivity contribution is -0.155. The number of likely N-dealkylation sites (tertiary alicyclic amines) is 1. The van der Waals surface area contributed by atoms with Crippen LogP contribution in [0, 0.1) is 17.3 Å². The number of aryl methyl sites for hydroxylation is 2. The van der Waals surface area contributed by atoms with E-state index in [9.17, 15) is 24.0 Å². The molecule has 3 aliphatic rings. The van der Waals surface area contributed by atoms with Gasteiger partial charge < -0.3 is 29.2 Å². The van der Waals surface area contributed by atoms with E-state index in [0.717, 1.165) is 39.0 Å². The van der Waals surface area contributed by atoms with Crippen LogP contribution in [-0.4, -0.2) is 135 Å². The Morgan fingerprint density at radius 1 is 1.14 bits per heavy atom. The number of aromatic nitrogens is 4. The first-order chi connectivity index (χ1) is 31.4. The molecule has 0 unspecified atom stereocenters. The van der Waals surface area contributed by atoms with Gasteiger partial charge in [0, 0.05) is 87.5 Å². The highest BCUT2D eigenvalue weighted by Crippen LogP contribution is 2.40. The Morgan fingerprint density at radius 2 is 1.88 bits per heavy atom. The molecule has 0 spiro atoms. The number of nitrogens with one attached hydrogen (secondary N) is 2. The average molecular weight is 909 g/mol. The fraction of sp³-hybridized carbons (Fsp3) is 0.551. The highest BCUT2D eigenvalue weighted by Gasteiger charge is 2.40. The molecule has 4 amide bonds. The minimum absolute atomic E-state index is 0.0840. The first-order valence-electron chi connectivity index (χ1n) is 23.0. The van der Waals surface area contributed by atoms with Crippen molar-refractivity contribution in [3.63, 3.8) is 0 Å². The maximum absolute atomic E-state index is 14.6. The summed E-state index contributed by atoms with van der Waals surface area (Å²) in [6.45, 7) is 23.2. The summed E-state index contributed by atoms with van der Waals surface area (Å²) in [6, 6.07) is 3.22. The number of benzene rings is 1. The van der Waals surface area contributed by atoms with E-state index in [1.807, 2.05) is 39.8 Å². The molecule has 0 radical (unpaired) electrons. The number of amides is 4. The second kappa shape index (κ2) is 20.7. The lowest BCUT2D eigenvalue weighted by atomic mass is 9.84. The summed E-state index contributed by atoms with van der Waals surface area (Å²) < 4.78 is 15.8. The summed E-state index contributed by atoms with van der Waals surface area (Å²) in [5.74, 6) is -1.98. The Bertz CT molecular complexity index is 2430.